The van der Waals surface area contributed by atoms with Crippen LogP contribution in [0.25, 0.3) is 0 Å². The molecule has 0 amide bonds. The Morgan fingerprint density at radius 3 is 2.84 bits per heavy atom. The number of ether oxygens (including phenoxy) is 2. The van der Waals surface area contributed by atoms with Crippen molar-refractivity contribution in [2.75, 3.05) is 7.11 Å². The van der Waals surface area contributed by atoms with Crippen molar-refractivity contribution >= 4 is 0 Å². The fourth-order valence-electron chi connectivity index (χ4n) is 1.87. The number of rotatable bonds is 6. The smallest absolute Gasteiger partial charge is 0.162 e. The third kappa shape index (κ3) is 3.06. The van der Waals surface area contributed by atoms with E-state index in [1.54, 1.807) is 13.4 Å². The first-order valence-corrected chi connectivity index (χ1v) is 6.27. The standard InChI is InChI=1S/C14H19N3O2/c1-3-17-10-16-8-12(17)9-19-14-6-11(7-15)4-5-13(14)18-2/h4-6,8,10H,3,7,9,15H2,1-2H3. The van der Waals surface area contributed by atoms with Gasteiger partial charge >= 0.3 is 0 Å². The van der Waals surface area contributed by atoms with Gasteiger partial charge in [-0.05, 0) is 24.6 Å². The van der Waals surface area contributed by atoms with Gasteiger partial charge in [0.1, 0.15) is 6.61 Å². The van der Waals surface area contributed by atoms with Crippen LogP contribution in [-0.2, 0) is 19.7 Å². The zero-order valence-corrected chi connectivity index (χ0v) is 11.3. The number of hydrogen-bond donors (Lipinski definition) is 1. The molecule has 0 spiro atoms. The van der Waals surface area contributed by atoms with E-state index in [2.05, 4.69) is 11.9 Å². The summed E-state index contributed by atoms with van der Waals surface area (Å²) in [6, 6.07) is 5.71. The van der Waals surface area contributed by atoms with Crippen molar-refractivity contribution in [3.05, 3.63) is 42.0 Å². The van der Waals surface area contributed by atoms with E-state index in [1.807, 2.05) is 29.0 Å². The molecule has 0 aliphatic rings. The Hall–Kier alpha value is -2.01. The second kappa shape index (κ2) is 6.24. The van der Waals surface area contributed by atoms with Gasteiger partial charge in [0.05, 0.1) is 25.3 Å². The highest BCUT2D eigenvalue weighted by molar-refractivity contribution is 5.42. The molecule has 0 aliphatic carbocycles. The van der Waals surface area contributed by atoms with Crippen LogP contribution >= 0.6 is 0 Å². The van der Waals surface area contributed by atoms with Gasteiger partial charge in [-0.1, -0.05) is 6.07 Å². The molecule has 2 rings (SSSR count). The number of aryl methyl sites for hydroxylation is 1. The molecule has 0 bridgehead atoms. The lowest BCUT2D eigenvalue weighted by Gasteiger charge is -2.12. The van der Waals surface area contributed by atoms with Gasteiger partial charge < -0.3 is 19.8 Å². The Morgan fingerprint density at radius 1 is 1.32 bits per heavy atom. The van der Waals surface area contributed by atoms with Crippen LogP contribution in [0, 0.1) is 0 Å². The Balaban J connectivity index is 2.14. The lowest BCUT2D eigenvalue weighted by Crippen LogP contribution is -2.05. The van der Waals surface area contributed by atoms with E-state index in [0.717, 1.165) is 17.8 Å². The zero-order chi connectivity index (χ0) is 13.7. The van der Waals surface area contributed by atoms with Gasteiger partial charge in [-0.2, -0.15) is 0 Å². The van der Waals surface area contributed by atoms with Gasteiger partial charge in [-0.3, -0.25) is 0 Å². The summed E-state index contributed by atoms with van der Waals surface area (Å²) in [6.07, 6.45) is 3.61. The van der Waals surface area contributed by atoms with Crippen LogP contribution in [0.5, 0.6) is 11.5 Å². The third-order valence-corrected chi connectivity index (χ3v) is 2.98. The predicted octanol–water partition coefficient (Wildman–Crippen LogP) is 1.95. The molecule has 0 radical (unpaired) electrons. The fourth-order valence-corrected chi connectivity index (χ4v) is 1.87. The summed E-state index contributed by atoms with van der Waals surface area (Å²) < 4.78 is 13.1. The van der Waals surface area contributed by atoms with E-state index >= 15 is 0 Å². The molecule has 0 aliphatic heterocycles. The number of nitrogens with two attached hydrogens (primary N) is 1. The predicted molar refractivity (Wildman–Crippen MR) is 73.1 cm³/mol. The van der Waals surface area contributed by atoms with Gasteiger partial charge in [0.2, 0.25) is 0 Å². The van der Waals surface area contributed by atoms with Gasteiger partial charge in [0.25, 0.3) is 0 Å². The molecule has 2 aromatic rings. The van der Waals surface area contributed by atoms with E-state index in [0.29, 0.717) is 24.7 Å². The van der Waals surface area contributed by atoms with Gasteiger partial charge in [-0.15, -0.1) is 0 Å². The summed E-state index contributed by atoms with van der Waals surface area (Å²) in [5.74, 6) is 1.41. The van der Waals surface area contributed by atoms with Gasteiger partial charge in [0.15, 0.2) is 11.5 Å². The average molecular weight is 261 g/mol. The molecule has 5 nitrogen and oxygen atoms in total. The number of benzene rings is 1. The molecule has 2 N–H and O–H groups in total. The van der Waals surface area contributed by atoms with Crippen molar-refractivity contribution in [1.82, 2.24) is 9.55 Å². The van der Waals surface area contributed by atoms with Crippen molar-refractivity contribution in [3.8, 4) is 11.5 Å². The highest BCUT2D eigenvalue weighted by atomic mass is 16.5. The van der Waals surface area contributed by atoms with Crippen LogP contribution in [-0.4, -0.2) is 16.7 Å². The van der Waals surface area contributed by atoms with E-state index in [4.69, 9.17) is 15.2 Å². The largest absolute Gasteiger partial charge is 0.493 e. The number of nitrogens with zero attached hydrogens (tertiary/aromatic N) is 2. The van der Waals surface area contributed by atoms with E-state index in [-0.39, 0.29) is 0 Å². The Bertz CT molecular complexity index is 537. The molecular formula is C14H19N3O2. The van der Waals surface area contributed by atoms with Crippen LogP contribution in [0.2, 0.25) is 0 Å². The van der Waals surface area contributed by atoms with E-state index in [1.165, 1.54) is 0 Å². The quantitative estimate of drug-likeness (QED) is 0.863. The van der Waals surface area contributed by atoms with Crippen molar-refractivity contribution in [2.45, 2.75) is 26.6 Å². The molecule has 0 saturated heterocycles. The maximum atomic E-state index is 5.82. The topological polar surface area (TPSA) is 62.3 Å². The number of methoxy groups -OCH3 is 1. The first kappa shape index (κ1) is 13.4. The highest BCUT2D eigenvalue weighted by Gasteiger charge is 2.07. The first-order chi connectivity index (χ1) is 9.28. The first-order valence-electron chi connectivity index (χ1n) is 6.27. The van der Waals surface area contributed by atoms with Crippen LogP contribution in [0.15, 0.2) is 30.7 Å². The fraction of sp³-hybridized carbons (Fsp3) is 0.357. The van der Waals surface area contributed by atoms with E-state index < -0.39 is 0 Å². The minimum atomic E-state index is 0.457. The molecule has 1 aromatic heterocycles. The summed E-state index contributed by atoms with van der Waals surface area (Å²) in [6.45, 7) is 3.88. The molecule has 1 aromatic carbocycles. The molecule has 0 fully saturated rings. The Morgan fingerprint density at radius 2 is 2.16 bits per heavy atom. The SMILES string of the molecule is CCn1cncc1COc1cc(CN)ccc1OC. The van der Waals surface area contributed by atoms with Crippen LogP contribution < -0.4 is 15.2 Å². The van der Waals surface area contributed by atoms with Gasteiger partial charge in [-0.25, -0.2) is 4.98 Å². The maximum Gasteiger partial charge on any atom is 0.162 e. The van der Waals surface area contributed by atoms with Crippen molar-refractivity contribution in [1.29, 1.82) is 0 Å². The van der Waals surface area contributed by atoms with Crippen LogP contribution in [0.3, 0.4) is 0 Å². The number of hydrogen-bond acceptors (Lipinski definition) is 4. The summed E-state index contributed by atoms with van der Waals surface area (Å²) in [4.78, 5) is 4.11. The van der Waals surface area contributed by atoms with E-state index in [9.17, 15) is 0 Å². The minimum Gasteiger partial charge on any atom is -0.493 e. The Labute approximate surface area is 113 Å². The third-order valence-electron chi connectivity index (χ3n) is 2.98. The molecule has 1 heterocycles. The second-order valence-corrected chi connectivity index (χ2v) is 4.15. The highest BCUT2D eigenvalue weighted by Crippen LogP contribution is 2.28. The summed E-state index contributed by atoms with van der Waals surface area (Å²) in [5, 5.41) is 0. The summed E-state index contributed by atoms with van der Waals surface area (Å²) >= 11 is 0. The number of imidazole rings is 1. The molecule has 0 atom stereocenters. The van der Waals surface area contributed by atoms with Crippen molar-refractivity contribution in [3.63, 3.8) is 0 Å². The molecular weight excluding hydrogens is 242 g/mol. The molecule has 102 valence electrons. The number of aromatic nitrogens is 2. The van der Waals surface area contributed by atoms with Gasteiger partial charge in [0, 0.05) is 13.1 Å². The molecule has 19 heavy (non-hydrogen) atoms. The summed E-state index contributed by atoms with van der Waals surface area (Å²) in [5.41, 5.74) is 7.68. The second-order valence-electron chi connectivity index (χ2n) is 4.15. The average Bonchev–Trinajstić information content (AvgIpc) is 2.92. The summed E-state index contributed by atoms with van der Waals surface area (Å²) in [7, 11) is 1.63. The maximum absolute atomic E-state index is 5.82. The van der Waals surface area contributed by atoms with Crippen LogP contribution in [0.4, 0.5) is 0 Å². The molecule has 0 unspecified atom stereocenters. The lowest BCUT2D eigenvalue weighted by molar-refractivity contribution is 0.276. The normalized spacial score (nSPS) is 10.5. The van der Waals surface area contributed by atoms with Crippen LogP contribution in [0.1, 0.15) is 18.2 Å². The minimum absolute atomic E-state index is 0.457. The lowest BCUT2D eigenvalue weighted by atomic mass is 10.2. The molecule has 0 saturated carbocycles. The Kier molecular flexibility index (Phi) is 4.41. The molecule has 5 heteroatoms. The monoisotopic (exact) mass is 261 g/mol. The van der Waals surface area contributed by atoms with Crippen molar-refractivity contribution < 1.29 is 9.47 Å². The van der Waals surface area contributed by atoms with Crippen molar-refractivity contribution in [2.24, 2.45) is 5.73 Å². The zero-order valence-electron chi connectivity index (χ0n) is 11.3.